The van der Waals surface area contributed by atoms with Gasteiger partial charge in [-0.25, -0.2) is 4.79 Å². The number of carbonyl (C=O) groups is 2. The topological polar surface area (TPSA) is 84.2 Å². The van der Waals surface area contributed by atoms with Crippen molar-refractivity contribution < 1.29 is 9.59 Å². The number of halogens is 1. The highest BCUT2D eigenvalue weighted by Crippen LogP contribution is 2.26. The van der Waals surface area contributed by atoms with Gasteiger partial charge in [-0.1, -0.05) is 35.9 Å². The summed E-state index contributed by atoms with van der Waals surface area (Å²) in [6, 6.07) is 13.8. The zero-order chi connectivity index (χ0) is 17.5. The van der Waals surface area contributed by atoms with Crippen LogP contribution < -0.4 is 16.4 Å². The predicted octanol–water partition coefficient (Wildman–Crippen LogP) is 3.80. The number of nitrogens with one attached hydrogen (secondary N) is 2. The van der Waals surface area contributed by atoms with Gasteiger partial charge < -0.3 is 16.4 Å². The van der Waals surface area contributed by atoms with Crippen LogP contribution in [0.3, 0.4) is 0 Å². The quantitative estimate of drug-likeness (QED) is 0.682. The molecular formula is C17H18ClN3O2S. The Kier molecular flexibility index (Phi) is 6.52. The first-order chi connectivity index (χ1) is 11.5. The normalized spacial score (nSPS) is 11.6. The van der Waals surface area contributed by atoms with Crippen molar-refractivity contribution >= 4 is 41.0 Å². The molecule has 2 aromatic rings. The number of urea groups is 1. The summed E-state index contributed by atoms with van der Waals surface area (Å²) >= 11 is 7.46. The molecule has 0 saturated heterocycles. The first-order valence-electron chi connectivity index (χ1n) is 7.29. The van der Waals surface area contributed by atoms with Crippen LogP contribution in [0.1, 0.15) is 18.5 Å². The van der Waals surface area contributed by atoms with Gasteiger partial charge >= 0.3 is 6.03 Å². The Morgan fingerprint density at radius 2 is 1.83 bits per heavy atom. The molecule has 126 valence electrons. The first kappa shape index (κ1) is 18.2. The maximum atomic E-state index is 12.1. The van der Waals surface area contributed by atoms with Crippen LogP contribution in [-0.4, -0.2) is 17.7 Å². The molecule has 3 amide bonds. The molecule has 2 rings (SSSR count). The van der Waals surface area contributed by atoms with E-state index in [1.807, 2.05) is 37.3 Å². The van der Waals surface area contributed by atoms with Crippen LogP contribution in [0.25, 0.3) is 0 Å². The molecule has 0 aliphatic carbocycles. The lowest BCUT2D eigenvalue weighted by molar-refractivity contribution is -0.119. The summed E-state index contributed by atoms with van der Waals surface area (Å²) in [4.78, 5) is 23.7. The molecule has 0 heterocycles. The van der Waals surface area contributed by atoms with Gasteiger partial charge in [-0.05, 0) is 36.8 Å². The number of benzene rings is 2. The van der Waals surface area contributed by atoms with E-state index in [1.54, 1.807) is 18.2 Å². The van der Waals surface area contributed by atoms with Gasteiger partial charge in [-0.3, -0.25) is 4.79 Å². The molecule has 0 spiro atoms. The lowest BCUT2D eigenvalue weighted by atomic mass is 10.1. The minimum atomic E-state index is -0.610. The van der Waals surface area contributed by atoms with Gasteiger partial charge in [0.15, 0.2) is 0 Å². The minimum absolute atomic E-state index is 0.0771. The van der Waals surface area contributed by atoms with Crippen LogP contribution in [0.2, 0.25) is 5.02 Å². The van der Waals surface area contributed by atoms with E-state index in [2.05, 4.69) is 10.6 Å². The molecule has 4 N–H and O–H groups in total. The maximum absolute atomic E-state index is 12.1. The average Bonchev–Trinajstić information content (AvgIpc) is 2.54. The second-order valence-electron chi connectivity index (χ2n) is 5.12. The maximum Gasteiger partial charge on any atom is 0.316 e. The molecule has 0 aliphatic heterocycles. The van der Waals surface area contributed by atoms with Gasteiger partial charge in [-0.15, -0.1) is 11.8 Å². The number of rotatable bonds is 6. The third kappa shape index (κ3) is 5.47. The zero-order valence-corrected chi connectivity index (χ0v) is 14.7. The molecule has 0 unspecified atom stereocenters. The zero-order valence-electron chi connectivity index (χ0n) is 13.1. The van der Waals surface area contributed by atoms with Crippen molar-refractivity contribution in [2.24, 2.45) is 5.73 Å². The Morgan fingerprint density at radius 1 is 1.17 bits per heavy atom. The molecule has 24 heavy (non-hydrogen) atoms. The van der Waals surface area contributed by atoms with E-state index in [0.717, 1.165) is 10.5 Å². The van der Waals surface area contributed by atoms with E-state index in [9.17, 15) is 9.59 Å². The number of primary amides is 1. The number of nitrogens with two attached hydrogens (primary N) is 1. The smallest absolute Gasteiger partial charge is 0.316 e. The van der Waals surface area contributed by atoms with Gasteiger partial charge in [0, 0.05) is 10.6 Å². The largest absolute Gasteiger partial charge is 0.351 e. The Hall–Kier alpha value is -2.18. The summed E-state index contributed by atoms with van der Waals surface area (Å²) in [5.41, 5.74) is 6.60. The number of carbonyl (C=O) groups excluding carboxylic acids is 2. The molecule has 7 heteroatoms. The highest BCUT2D eigenvalue weighted by atomic mass is 35.5. The molecule has 1 atom stereocenters. The molecule has 0 radical (unpaired) electrons. The van der Waals surface area contributed by atoms with Crippen LogP contribution >= 0.6 is 23.4 Å². The molecule has 0 aromatic heterocycles. The van der Waals surface area contributed by atoms with E-state index in [-0.39, 0.29) is 17.7 Å². The van der Waals surface area contributed by atoms with Crippen molar-refractivity contribution in [1.82, 2.24) is 5.32 Å². The van der Waals surface area contributed by atoms with Crippen LogP contribution in [0, 0.1) is 0 Å². The number of anilines is 1. The summed E-state index contributed by atoms with van der Waals surface area (Å²) in [5, 5.41) is 6.06. The van der Waals surface area contributed by atoms with Gasteiger partial charge in [0.05, 0.1) is 16.8 Å². The molecule has 5 nitrogen and oxygen atoms in total. The Labute approximate surface area is 150 Å². The lowest BCUT2D eigenvalue weighted by Gasteiger charge is -2.15. The van der Waals surface area contributed by atoms with E-state index in [1.165, 1.54) is 11.8 Å². The van der Waals surface area contributed by atoms with E-state index in [0.29, 0.717) is 10.7 Å². The van der Waals surface area contributed by atoms with Crippen molar-refractivity contribution in [2.45, 2.75) is 17.9 Å². The molecule has 2 aromatic carbocycles. The fourth-order valence-electron chi connectivity index (χ4n) is 2.07. The van der Waals surface area contributed by atoms with Crippen LogP contribution in [0.4, 0.5) is 10.5 Å². The SMILES string of the molecule is C[C@H](NC(=O)CSc1ccccc1Cl)c1ccc(NC(N)=O)cc1. The second kappa shape index (κ2) is 8.61. The number of thioether (sulfide) groups is 1. The van der Waals surface area contributed by atoms with Crippen molar-refractivity contribution in [3.05, 3.63) is 59.1 Å². The van der Waals surface area contributed by atoms with Crippen molar-refractivity contribution in [2.75, 3.05) is 11.1 Å². The van der Waals surface area contributed by atoms with Gasteiger partial charge in [0.25, 0.3) is 0 Å². The molecule has 0 bridgehead atoms. The third-order valence-electron chi connectivity index (χ3n) is 3.25. The average molecular weight is 364 g/mol. The van der Waals surface area contributed by atoms with Crippen molar-refractivity contribution in [3.8, 4) is 0 Å². The van der Waals surface area contributed by atoms with Crippen molar-refractivity contribution in [3.63, 3.8) is 0 Å². The molecular weight excluding hydrogens is 346 g/mol. The second-order valence-corrected chi connectivity index (χ2v) is 6.54. The van der Waals surface area contributed by atoms with Crippen LogP contribution in [0.5, 0.6) is 0 Å². The summed E-state index contributed by atoms with van der Waals surface area (Å²) in [7, 11) is 0. The van der Waals surface area contributed by atoms with E-state index < -0.39 is 6.03 Å². The van der Waals surface area contributed by atoms with Crippen LogP contribution in [0.15, 0.2) is 53.4 Å². The van der Waals surface area contributed by atoms with Crippen molar-refractivity contribution in [1.29, 1.82) is 0 Å². The van der Waals surface area contributed by atoms with Gasteiger partial charge in [-0.2, -0.15) is 0 Å². The van der Waals surface area contributed by atoms with E-state index in [4.69, 9.17) is 17.3 Å². The lowest BCUT2D eigenvalue weighted by Crippen LogP contribution is -2.28. The fraction of sp³-hybridized carbons (Fsp3) is 0.176. The monoisotopic (exact) mass is 363 g/mol. The van der Waals surface area contributed by atoms with Gasteiger partial charge in [0.1, 0.15) is 0 Å². The summed E-state index contributed by atoms with van der Waals surface area (Å²) in [6.07, 6.45) is 0. The standard InChI is InChI=1S/C17H18ClN3O2S/c1-11(12-6-8-13(9-7-12)21-17(19)23)20-16(22)10-24-15-5-3-2-4-14(15)18/h2-9,11H,10H2,1H3,(H,20,22)(H3,19,21,23)/t11-/m0/s1. The van der Waals surface area contributed by atoms with Gasteiger partial charge in [0.2, 0.25) is 5.91 Å². The number of hydrogen-bond donors (Lipinski definition) is 3. The number of hydrogen-bond acceptors (Lipinski definition) is 3. The summed E-state index contributed by atoms with van der Waals surface area (Å²) in [6.45, 7) is 1.90. The minimum Gasteiger partial charge on any atom is -0.351 e. The Balaban J connectivity index is 1.87. The Bertz CT molecular complexity index is 722. The highest BCUT2D eigenvalue weighted by molar-refractivity contribution is 8.00. The fourth-order valence-corrected chi connectivity index (χ4v) is 3.12. The first-order valence-corrected chi connectivity index (χ1v) is 8.65. The Morgan fingerprint density at radius 3 is 2.46 bits per heavy atom. The van der Waals surface area contributed by atoms with Crippen LogP contribution in [-0.2, 0) is 4.79 Å². The van der Waals surface area contributed by atoms with E-state index >= 15 is 0 Å². The third-order valence-corrected chi connectivity index (χ3v) is 4.77. The molecule has 0 aliphatic rings. The number of amides is 3. The summed E-state index contributed by atoms with van der Waals surface area (Å²) < 4.78 is 0. The predicted molar refractivity (Wildman–Crippen MR) is 98.4 cm³/mol. The molecule has 0 fully saturated rings. The summed E-state index contributed by atoms with van der Waals surface area (Å²) in [5.74, 6) is 0.210. The highest BCUT2D eigenvalue weighted by Gasteiger charge is 2.11. The molecule has 0 saturated carbocycles.